The highest BCUT2D eigenvalue weighted by Crippen LogP contribution is 2.42. The van der Waals surface area contributed by atoms with Crippen molar-refractivity contribution in [2.75, 3.05) is 23.5 Å². The summed E-state index contributed by atoms with van der Waals surface area (Å²) < 4.78 is 52.6. The molecule has 2 heterocycles. The highest BCUT2D eigenvalue weighted by molar-refractivity contribution is 7.93. The van der Waals surface area contributed by atoms with Crippen LogP contribution in [0.4, 0.5) is 15.2 Å². The first-order valence-corrected chi connectivity index (χ1v) is 12.1. The van der Waals surface area contributed by atoms with Crippen LogP contribution in [0.25, 0.3) is 0 Å². The molecule has 34 heavy (non-hydrogen) atoms. The van der Waals surface area contributed by atoms with Crippen LogP contribution < -0.4 is 19.1 Å². The first-order valence-electron chi connectivity index (χ1n) is 9.40. The van der Waals surface area contributed by atoms with E-state index < -0.39 is 34.4 Å². The third kappa shape index (κ3) is 4.49. The van der Waals surface area contributed by atoms with Crippen molar-refractivity contribution in [2.24, 2.45) is 0 Å². The van der Waals surface area contributed by atoms with Crippen LogP contribution in [0, 0.1) is 5.82 Å². The Morgan fingerprint density at radius 1 is 1.35 bits per heavy atom. The van der Waals surface area contributed by atoms with Crippen LogP contribution in [-0.4, -0.2) is 44.2 Å². The number of methoxy groups -OCH3 is 1. The number of aromatic nitrogens is 1. The quantitative estimate of drug-likeness (QED) is 0.477. The molecule has 2 N–H and O–H groups in total. The molecule has 0 spiro atoms. The number of anilines is 2. The fourth-order valence-corrected chi connectivity index (χ4v) is 5.62. The number of hydrogen-bond acceptors (Lipinski definition) is 8. The number of halogens is 2. The lowest BCUT2D eigenvalue weighted by Gasteiger charge is -2.19. The van der Waals surface area contributed by atoms with E-state index in [9.17, 15) is 22.4 Å². The van der Waals surface area contributed by atoms with Gasteiger partial charge in [-0.2, -0.15) is 0 Å². The van der Waals surface area contributed by atoms with Crippen molar-refractivity contribution in [1.82, 2.24) is 4.98 Å². The number of nitrogens with zero attached hydrogens (tertiary/aromatic N) is 2. The number of benzene rings is 2. The molecule has 0 saturated heterocycles. The molecule has 14 heteroatoms. The largest absolute Gasteiger partial charge is 0.495 e. The Bertz CT molecular complexity index is 1410. The second kappa shape index (κ2) is 9.08. The summed E-state index contributed by atoms with van der Waals surface area (Å²) in [6.07, 6.45) is -0.322. The highest BCUT2D eigenvalue weighted by Gasteiger charge is 2.37. The molecule has 10 nitrogen and oxygen atoms in total. The average molecular weight is 528 g/mol. The number of thiazole rings is 1. The Labute approximate surface area is 201 Å². The molecule has 4 rings (SSSR count). The zero-order valence-corrected chi connectivity index (χ0v) is 19.6. The minimum absolute atomic E-state index is 0.0214. The number of rotatable bonds is 7. The van der Waals surface area contributed by atoms with E-state index in [1.54, 1.807) is 0 Å². The molecule has 0 unspecified atom stereocenters. The topological polar surface area (TPSA) is 135 Å². The van der Waals surface area contributed by atoms with Gasteiger partial charge >= 0.3 is 5.97 Å². The maximum absolute atomic E-state index is 14.7. The zero-order valence-electron chi connectivity index (χ0n) is 17.2. The maximum atomic E-state index is 14.7. The summed E-state index contributed by atoms with van der Waals surface area (Å²) in [5, 5.41) is 13.0. The monoisotopic (exact) mass is 527 g/mol. The SMILES string of the molecule is COc1ccc(Cl)cc1S(=O)(=O)N1COc2c(F)cc(C(=O)Nc3nc(CC(=O)O)cs3)cc21. The summed E-state index contributed by atoms with van der Waals surface area (Å²) in [6.45, 7) is -0.527. The number of aliphatic carboxylic acids is 1. The van der Waals surface area contributed by atoms with Gasteiger partial charge < -0.3 is 14.6 Å². The van der Waals surface area contributed by atoms with E-state index in [1.165, 1.54) is 36.8 Å². The molecule has 1 amide bonds. The Kier molecular flexibility index (Phi) is 6.34. The van der Waals surface area contributed by atoms with Crippen molar-refractivity contribution in [3.05, 3.63) is 57.8 Å². The molecule has 0 fully saturated rings. The van der Waals surface area contributed by atoms with Crippen LogP contribution >= 0.6 is 22.9 Å². The van der Waals surface area contributed by atoms with Crippen molar-refractivity contribution in [2.45, 2.75) is 11.3 Å². The molecule has 178 valence electrons. The molecule has 0 radical (unpaired) electrons. The molecule has 0 aliphatic carbocycles. The minimum Gasteiger partial charge on any atom is -0.495 e. The van der Waals surface area contributed by atoms with E-state index in [0.29, 0.717) is 0 Å². The highest BCUT2D eigenvalue weighted by atomic mass is 35.5. The predicted molar refractivity (Wildman–Crippen MR) is 121 cm³/mol. The van der Waals surface area contributed by atoms with Gasteiger partial charge in [0.25, 0.3) is 15.9 Å². The molecule has 1 aromatic heterocycles. The van der Waals surface area contributed by atoms with E-state index in [0.717, 1.165) is 21.7 Å². The van der Waals surface area contributed by atoms with Crippen molar-refractivity contribution < 1.29 is 37.0 Å². The van der Waals surface area contributed by atoms with Gasteiger partial charge in [-0.25, -0.2) is 22.1 Å². The summed E-state index contributed by atoms with van der Waals surface area (Å²) in [5.74, 6) is -3.11. The van der Waals surface area contributed by atoms with E-state index in [2.05, 4.69) is 10.3 Å². The molecule has 3 aromatic rings. The third-order valence-electron chi connectivity index (χ3n) is 4.68. The molecule has 2 aromatic carbocycles. The van der Waals surface area contributed by atoms with Gasteiger partial charge in [0.15, 0.2) is 23.4 Å². The van der Waals surface area contributed by atoms with Crippen molar-refractivity contribution in [3.8, 4) is 11.5 Å². The van der Waals surface area contributed by atoms with E-state index >= 15 is 0 Å². The number of sulfonamides is 1. The number of carbonyl (C=O) groups excluding carboxylic acids is 1. The van der Waals surface area contributed by atoms with Gasteiger partial charge in [0.05, 0.1) is 19.2 Å². The smallest absolute Gasteiger partial charge is 0.309 e. The Balaban J connectivity index is 1.67. The van der Waals surface area contributed by atoms with Gasteiger partial charge in [0, 0.05) is 16.0 Å². The van der Waals surface area contributed by atoms with Gasteiger partial charge in [0.2, 0.25) is 0 Å². The van der Waals surface area contributed by atoms with Crippen LogP contribution in [0.3, 0.4) is 0 Å². The fourth-order valence-electron chi connectivity index (χ4n) is 3.17. The number of carboxylic acid groups (broad SMARTS) is 1. The Morgan fingerprint density at radius 2 is 2.12 bits per heavy atom. The third-order valence-corrected chi connectivity index (χ3v) is 7.48. The Morgan fingerprint density at radius 3 is 2.82 bits per heavy atom. The lowest BCUT2D eigenvalue weighted by molar-refractivity contribution is -0.136. The lowest BCUT2D eigenvalue weighted by Crippen LogP contribution is -2.30. The molecule has 1 aliphatic heterocycles. The number of nitrogens with one attached hydrogen (secondary N) is 1. The number of hydrogen-bond donors (Lipinski definition) is 2. The van der Waals surface area contributed by atoms with E-state index in [4.69, 9.17) is 26.2 Å². The Hall–Kier alpha value is -3.42. The summed E-state index contributed by atoms with van der Waals surface area (Å²) in [7, 11) is -3.02. The minimum atomic E-state index is -4.31. The van der Waals surface area contributed by atoms with Gasteiger partial charge in [-0.15, -0.1) is 11.3 Å². The summed E-state index contributed by atoms with van der Waals surface area (Å²) >= 11 is 6.96. The second-order valence-electron chi connectivity index (χ2n) is 6.90. The van der Waals surface area contributed by atoms with Crippen LogP contribution in [-0.2, 0) is 21.2 Å². The summed E-state index contributed by atoms with van der Waals surface area (Å²) in [5.41, 5.74) is -0.137. The summed E-state index contributed by atoms with van der Waals surface area (Å²) in [6, 6.07) is 6.09. The number of carboxylic acids is 1. The van der Waals surface area contributed by atoms with Crippen LogP contribution in [0.5, 0.6) is 11.5 Å². The van der Waals surface area contributed by atoms with E-state index in [-0.39, 0.29) is 49.9 Å². The summed E-state index contributed by atoms with van der Waals surface area (Å²) in [4.78, 5) is 27.2. The molecular weight excluding hydrogens is 513 g/mol. The van der Waals surface area contributed by atoms with E-state index in [1.807, 2.05) is 0 Å². The number of ether oxygens (including phenoxy) is 2. The average Bonchev–Trinajstić information content (AvgIpc) is 3.40. The van der Waals surface area contributed by atoms with Crippen molar-refractivity contribution in [3.63, 3.8) is 0 Å². The van der Waals surface area contributed by atoms with Crippen LogP contribution in [0.2, 0.25) is 5.02 Å². The first kappa shape index (κ1) is 23.7. The lowest BCUT2D eigenvalue weighted by atomic mass is 10.1. The maximum Gasteiger partial charge on any atom is 0.309 e. The number of carbonyl (C=O) groups is 2. The molecular formula is C20H15ClFN3O7S2. The van der Waals surface area contributed by atoms with Gasteiger partial charge in [-0.1, -0.05) is 11.6 Å². The fraction of sp³-hybridized carbons (Fsp3) is 0.150. The van der Waals surface area contributed by atoms with Crippen LogP contribution in [0.15, 0.2) is 40.6 Å². The van der Waals surface area contributed by atoms with Crippen molar-refractivity contribution >= 4 is 55.7 Å². The normalized spacial score (nSPS) is 12.7. The van der Waals surface area contributed by atoms with Gasteiger partial charge in [-0.05, 0) is 30.3 Å². The van der Waals surface area contributed by atoms with Gasteiger partial charge in [-0.3, -0.25) is 14.9 Å². The predicted octanol–water partition coefficient (Wildman–Crippen LogP) is 3.37. The van der Waals surface area contributed by atoms with Crippen molar-refractivity contribution in [1.29, 1.82) is 0 Å². The first-order chi connectivity index (χ1) is 16.1. The standard InChI is InChI=1S/C20H15ClFN3O7S2/c1-31-15-3-2-11(21)6-16(15)34(29,30)25-9-32-18-13(22)4-10(5-14(18)25)19(28)24-20-23-12(8-33-20)7-17(26)27/h2-6,8H,7,9H2,1H3,(H,26,27)(H,23,24,28). The molecule has 1 aliphatic rings. The number of fused-ring (bicyclic) bond motifs is 1. The van der Waals surface area contributed by atoms with Crippen LogP contribution in [0.1, 0.15) is 16.1 Å². The zero-order chi connectivity index (χ0) is 24.6. The second-order valence-corrected chi connectivity index (χ2v) is 10.0. The number of amides is 1. The molecule has 0 atom stereocenters. The molecule has 0 saturated carbocycles. The molecule has 0 bridgehead atoms. The van der Waals surface area contributed by atoms with Gasteiger partial charge in [0.1, 0.15) is 16.3 Å².